The molecule has 0 aliphatic heterocycles. The maximum absolute atomic E-state index is 12.9. The van der Waals surface area contributed by atoms with E-state index in [4.69, 9.17) is 4.74 Å². The number of carbonyl (C=O) groups excluding carboxylic acids is 2. The molecule has 4 rings (SSSR count). The van der Waals surface area contributed by atoms with Crippen molar-refractivity contribution in [1.29, 1.82) is 0 Å². The Kier molecular flexibility index (Phi) is 5.66. The van der Waals surface area contributed by atoms with E-state index >= 15 is 0 Å². The Labute approximate surface area is 175 Å². The Hall–Kier alpha value is -3.80. The summed E-state index contributed by atoms with van der Waals surface area (Å²) in [6, 6.07) is 22.0. The molecule has 0 unspecified atom stereocenters. The van der Waals surface area contributed by atoms with E-state index < -0.39 is 0 Å². The molecule has 0 spiro atoms. The van der Waals surface area contributed by atoms with Gasteiger partial charge in [0.1, 0.15) is 5.75 Å². The van der Waals surface area contributed by atoms with Crippen molar-refractivity contribution in [3.8, 4) is 5.75 Å². The number of hydrogen-bond acceptors (Lipinski definition) is 4. The lowest BCUT2D eigenvalue weighted by Gasteiger charge is -2.13. The molecule has 0 bridgehead atoms. The molecule has 0 saturated heterocycles. The minimum Gasteiger partial charge on any atom is -0.497 e. The molecule has 0 aromatic heterocycles. The Morgan fingerprint density at radius 1 is 0.833 bits per heavy atom. The molecule has 1 fully saturated rings. The third-order valence-electron chi connectivity index (χ3n) is 4.88. The Balaban J connectivity index is 1.47. The van der Waals surface area contributed by atoms with Gasteiger partial charge >= 0.3 is 0 Å². The molecule has 3 aromatic rings. The number of carbonyl (C=O) groups is 2. The van der Waals surface area contributed by atoms with E-state index in [0.717, 1.165) is 24.3 Å². The highest BCUT2D eigenvalue weighted by Gasteiger charge is 2.29. The van der Waals surface area contributed by atoms with Gasteiger partial charge in [-0.3, -0.25) is 9.59 Å². The van der Waals surface area contributed by atoms with Crippen LogP contribution in [0.25, 0.3) is 0 Å². The Morgan fingerprint density at radius 3 is 2.23 bits per heavy atom. The third kappa shape index (κ3) is 4.78. The number of nitrogens with one attached hydrogen (secondary N) is 3. The summed E-state index contributed by atoms with van der Waals surface area (Å²) in [5, 5.41) is 9.08. The van der Waals surface area contributed by atoms with E-state index in [2.05, 4.69) is 16.0 Å². The average molecular weight is 401 g/mol. The Morgan fingerprint density at radius 2 is 1.53 bits per heavy atom. The van der Waals surface area contributed by atoms with E-state index in [9.17, 15) is 9.59 Å². The summed E-state index contributed by atoms with van der Waals surface area (Å²) in [6.07, 6.45) is 1.89. The van der Waals surface area contributed by atoms with Gasteiger partial charge in [0.25, 0.3) is 5.91 Å². The summed E-state index contributed by atoms with van der Waals surface area (Å²) in [4.78, 5) is 24.9. The van der Waals surface area contributed by atoms with Gasteiger partial charge in [0.05, 0.1) is 18.4 Å². The first-order valence-electron chi connectivity index (χ1n) is 9.85. The molecule has 0 radical (unpaired) electrons. The highest BCUT2D eigenvalue weighted by Crippen LogP contribution is 2.30. The molecule has 3 N–H and O–H groups in total. The van der Waals surface area contributed by atoms with Gasteiger partial charge < -0.3 is 20.7 Å². The van der Waals surface area contributed by atoms with Crippen LogP contribution in [0.5, 0.6) is 5.75 Å². The molecule has 1 aliphatic rings. The normalized spacial score (nSPS) is 12.7. The van der Waals surface area contributed by atoms with Gasteiger partial charge in [0.2, 0.25) is 5.91 Å². The van der Waals surface area contributed by atoms with Gasteiger partial charge in [-0.2, -0.15) is 0 Å². The van der Waals surface area contributed by atoms with E-state index in [1.54, 1.807) is 31.4 Å². The lowest BCUT2D eigenvalue weighted by molar-refractivity contribution is -0.117. The minimum absolute atomic E-state index is 0.0347. The van der Waals surface area contributed by atoms with Gasteiger partial charge in [0, 0.05) is 23.0 Å². The van der Waals surface area contributed by atoms with Crippen molar-refractivity contribution in [3.63, 3.8) is 0 Å². The molecule has 1 saturated carbocycles. The van der Waals surface area contributed by atoms with Crippen LogP contribution in [-0.4, -0.2) is 18.9 Å². The zero-order valence-corrected chi connectivity index (χ0v) is 16.6. The SMILES string of the molecule is COc1ccc(Nc2ccccc2C(=O)Nc2cccc(NC(=O)C3CC3)c2)cc1. The van der Waals surface area contributed by atoms with E-state index in [0.29, 0.717) is 22.6 Å². The molecule has 6 nitrogen and oxygen atoms in total. The van der Waals surface area contributed by atoms with E-state index in [1.165, 1.54) is 0 Å². The fraction of sp³-hybridized carbons (Fsp3) is 0.167. The van der Waals surface area contributed by atoms with E-state index in [1.807, 2.05) is 48.5 Å². The van der Waals surface area contributed by atoms with Crippen LogP contribution < -0.4 is 20.7 Å². The monoisotopic (exact) mass is 401 g/mol. The second kappa shape index (κ2) is 8.69. The fourth-order valence-corrected chi connectivity index (χ4v) is 3.08. The average Bonchev–Trinajstić information content (AvgIpc) is 3.60. The highest BCUT2D eigenvalue weighted by atomic mass is 16.5. The number of hydrogen-bond donors (Lipinski definition) is 3. The number of methoxy groups -OCH3 is 1. The van der Waals surface area contributed by atoms with Gasteiger partial charge in [0.15, 0.2) is 0 Å². The van der Waals surface area contributed by atoms with Crippen LogP contribution in [-0.2, 0) is 4.79 Å². The second-order valence-electron chi connectivity index (χ2n) is 7.20. The first kappa shape index (κ1) is 19.5. The van der Waals surface area contributed by atoms with Crippen LogP contribution in [0.2, 0.25) is 0 Å². The van der Waals surface area contributed by atoms with Crippen LogP contribution in [0.15, 0.2) is 72.8 Å². The summed E-state index contributed by atoms with van der Waals surface area (Å²) in [6.45, 7) is 0. The molecule has 1 aliphatic carbocycles. The largest absolute Gasteiger partial charge is 0.497 e. The molecule has 3 aromatic carbocycles. The maximum Gasteiger partial charge on any atom is 0.257 e. The van der Waals surface area contributed by atoms with Crippen molar-refractivity contribution >= 4 is 34.6 Å². The molecule has 152 valence electrons. The van der Waals surface area contributed by atoms with E-state index in [-0.39, 0.29) is 17.7 Å². The summed E-state index contributed by atoms with van der Waals surface area (Å²) in [7, 11) is 1.62. The van der Waals surface area contributed by atoms with Crippen LogP contribution >= 0.6 is 0 Å². The molecular formula is C24H23N3O3. The van der Waals surface area contributed by atoms with Crippen LogP contribution in [0.4, 0.5) is 22.7 Å². The van der Waals surface area contributed by atoms with Gasteiger partial charge in [-0.05, 0) is 67.4 Å². The summed E-state index contributed by atoms with van der Waals surface area (Å²) in [5.74, 6) is 0.684. The van der Waals surface area contributed by atoms with Crippen LogP contribution in [0.1, 0.15) is 23.2 Å². The lowest BCUT2D eigenvalue weighted by Crippen LogP contribution is -2.15. The summed E-state index contributed by atoms with van der Waals surface area (Å²) < 4.78 is 5.18. The predicted octanol–water partition coefficient (Wildman–Crippen LogP) is 5.04. The Bertz CT molecular complexity index is 1060. The fourth-order valence-electron chi connectivity index (χ4n) is 3.08. The predicted molar refractivity (Wildman–Crippen MR) is 118 cm³/mol. The molecular weight excluding hydrogens is 378 g/mol. The summed E-state index contributed by atoms with van der Waals surface area (Å²) >= 11 is 0. The van der Waals surface area contributed by atoms with Crippen molar-refractivity contribution in [2.45, 2.75) is 12.8 Å². The molecule has 0 atom stereocenters. The van der Waals surface area contributed by atoms with Crippen molar-refractivity contribution in [2.75, 3.05) is 23.1 Å². The first-order valence-corrected chi connectivity index (χ1v) is 9.85. The molecule has 2 amide bonds. The number of ether oxygens (including phenoxy) is 1. The number of para-hydroxylation sites is 1. The van der Waals surface area contributed by atoms with Gasteiger partial charge in [-0.1, -0.05) is 18.2 Å². The zero-order chi connectivity index (χ0) is 20.9. The highest BCUT2D eigenvalue weighted by molar-refractivity contribution is 6.08. The smallest absolute Gasteiger partial charge is 0.257 e. The number of rotatable bonds is 7. The topological polar surface area (TPSA) is 79.5 Å². The quantitative estimate of drug-likeness (QED) is 0.518. The maximum atomic E-state index is 12.9. The minimum atomic E-state index is -0.239. The van der Waals surface area contributed by atoms with Gasteiger partial charge in [-0.25, -0.2) is 0 Å². The van der Waals surface area contributed by atoms with Crippen molar-refractivity contribution in [1.82, 2.24) is 0 Å². The van der Waals surface area contributed by atoms with Crippen LogP contribution in [0, 0.1) is 5.92 Å². The lowest BCUT2D eigenvalue weighted by atomic mass is 10.1. The van der Waals surface area contributed by atoms with Gasteiger partial charge in [-0.15, -0.1) is 0 Å². The second-order valence-corrected chi connectivity index (χ2v) is 7.20. The van der Waals surface area contributed by atoms with Crippen molar-refractivity contribution in [3.05, 3.63) is 78.4 Å². The molecule has 30 heavy (non-hydrogen) atoms. The van der Waals surface area contributed by atoms with Crippen molar-refractivity contribution < 1.29 is 14.3 Å². The standard InChI is InChI=1S/C24H23N3O3/c1-30-20-13-11-17(12-14-20)25-22-8-3-2-7-21(22)24(29)27-19-6-4-5-18(15-19)26-23(28)16-9-10-16/h2-8,11-16,25H,9-10H2,1H3,(H,26,28)(H,27,29). The van der Waals surface area contributed by atoms with Crippen LogP contribution in [0.3, 0.4) is 0 Å². The third-order valence-corrected chi connectivity index (χ3v) is 4.88. The molecule has 0 heterocycles. The zero-order valence-electron chi connectivity index (χ0n) is 16.6. The van der Waals surface area contributed by atoms with Crippen molar-refractivity contribution in [2.24, 2.45) is 5.92 Å². The first-order chi connectivity index (χ1) is 14.6. The number of benzene rings is 3. The number of anilines is 4. The summed E-state index contributed by atoms with van der Waals surface area (Å²) in [5.41, 5.74) is 3.35. The molecule has 6 heteroatoms. The number of amides is 2.